The second-order valence-electron chi connectivity index (χ2n) is 7.84. The Bertz CT molecular complexity index is 1350. The van der Waals surface area contributed by atoms with E-state index < -0.39 is 10.2 Å². The van der Waals surface area contributed by atoms with E-state index >= 15 is 0 Å². The van der Waals surface area contributed by atoms with Crippen molar-refractivity contribution >= 4 is 37.9 Å². The Morgan fingerprint density at radius 2 is 1.76 bits per heavy atom. The highest BCUT2D eigenvalue weighted by Gasteiger charge is 2.20. The summed E-state index contributed by atoms with van der Waals surface area (Å²) in [7, 11) is -3.71. The molecular formula is C24H26N4O4S. The van der Waals surface area contributed by atoms with Crippen LogP contribution in [0.25, 0.3) is 21.9 Å². The molecule has 0 aliphatic carbocycles. The van der Waals surface area contributed by atoms with Crippen molar-refractivity contribution in [3.05, 3.63) is 78.2 Å². The minimum absolute atomic E-state index is 0.0296. The lowest BCUT2D eigenvalue weighted by Crippen LogP contribution is -2.31. The Balaban J connectivity index is 1.52. The minimum Gasteiger partial charge on any atom is -0.439 e. The highest BCUT2D eigenvalue weighted by molar-refractivity contribution is 7.87. The van der Waals surface area contributed by atoms with Crippen LogP contribution in [-0.2, 0) is 10.2 Å². The van der Waals surface area contributed by atoms with E-state index in [1.54, 1.807) is 12.1 Å². The number of carbonyl (C=O) groups excluding carboxylic acids is 1. The highest BCUT2D eigenvalue weighted by Crippen LogP contribution is 2.29. The minimum atomic E-state index is -3.71. The predicted octanol–water partition coefficient (Wildman–Crippen LogP) is 3.46. The molecule has 0 unspecified atom stereocenters. The number of hydrogen-bond acceptors (Lipinski definition) is 6. The number of oxazole rings is 1. The number of nitrogens with zero attached hydrogens (tertiary/aromatic N) is 1. The van der Waals surface area contributed by atoms with Gasteiger partial charge < -0.3 is 4.42 Å². The van der Waals surface area contributed by atoms with E-state index in [1.165, 1.54) is 0 Å². The summed E-state index contributed by atoms with van der Waals surface area (Å²) in [5, 5.41) is 10.3. The SMILES string of the molecule is NS(=O)(=O)NCCCC[C@H](NCC(=O)c1ccccc1)c1nc2c(ccc3ccccc32)o1. The average molecular weight is 467 g/mol. The van der Waals surface area contributed by atoms with Gasteiger partial charge in [-0.25, -0.2) is 14.8 Å². The van der Waals surface area contributed by atoms with E-state index in [-0.39, 0.29) is 24.9 Å². The number of benzene rings is 3. The van der Waals surface area contributed by atoms with Crippen LogP contribution in [0, 0.1) is 0 Å². The van der Waals surface area contributed by atoms with Crippen LogP contribution in [0.3, 0.4) is 0 Å². The molecule has 0 aliphatic rings. The Hall–Kier alpha value is -3.11. The molecule has 1 aromatic heterocycles. The molecule has 0 bridgehead atoms. The first-order valence-corrected chi connectivity index (χ1v) is 12.3. The Labute approximate surface area is 192 Å². The number of fused-ring (bicyclic) bond motifs is 3. The molecular weight excluding hydrogens is 440 g/mol. The molecule has 8 nitrogen and oxygen atoms in total. The van der Waals surface area contributed by atoms with Crippen LogP contribution in [-0.4, -0.2) is 32.3 Å². The van der Waals surface area contributed by atoms with Crippen molar-refractivity contribution in [2.24, 2.45) is 5.14 Å². The molecule has 0 radical (unpaired) electrons. The summed E-state index contributed by atoms with van der Waals surface area (Å²) < 4.78 is 30.5. The second kappa shape index (κ2) is 10.2. The summed E-state index contributed by atoms with van der Waals surface area (Å²) in [6.07, 6.45) is 1.88. The number of nitrogens with two attached hydrogens (primary N) is 1. The van der Waals surface area contributed by atoms with Gasteiger partial charge >= 0.3 is 0 Å². The molecule has 1 heterocycles. The van der Waals surface area contributed by atoms with Gasteiger partial charge in [-0.2, -0.15) is 8.42 Å². The fourth-order valence-corrected chi connectivity index (χ4v) is 4.20. The molecule has 4 aromatic rings. The van der Waals surface area contributed by atoms with Crippen LogP contribution >= 0.6 is 0 Å². The number of rotatable bonds is 11. The summed E-state index contributed by atoms with van der Waals surface area (Å²) in [4.78, 5) is 17.4. The zero-order valence-corrected chi connectivity index (χ0v) is 18.8. The Morgan fingerprint density at radius 1 is 1.00 bits per heavy atom. The summed E-state index contributed by atoms with van der Waals surface area (Å²) in [5.74, 6) is 0.472. The maximum Gasteiger partial charge on any atom is 0.274 e. The van der Waals surface area contributed by atoms with E-state index in [4.69, 9.17) is 14.5 Å². The van der Waals surface area contributed by atoms with Crippen LogP contribution in [0.2, 0.25) is 0 Å². The molecule has 9 heteroatoms. The average Bonchev–Trinajstić information content (AvgIpc) is 3.25. The molecule has 1 atom stereocenters. The van der Waals surface area contributed by atoms with Crippen LogP contribution in [0.15, 0.2) is 71.1 Å². The number of aromatic nitrogens is 1. The van der Waals surface area contributed by atoms with Gasteiger partial charge in [0.2, 0.25) is 5.89 Å². The first-order chi connectivity index (χ1) is 15.9. The van der Waals surface area contributed by atoms with Crippen molar-refractivity contribution in [2.75, 3.05) is 13.1 Å². The number of ketones is 1. The number of hydrogen-bond donors (Lipinski definition) is 3. The fourth-order valence-electron chi connectivity index (χ4n) is 3.77. The van der Waals surface area contributed by atoms with E-state index in [0.29, 0.717) is 36.3 Å². The maximum atomic E-state index is 12.6. The molecule has 0 saturated heterocycles. The lowest BCUT2D eigenvalue weighted by atomic mass is 10.1. The van der Waals surface area contributed by atoms with Gasteiger partial charge in [0.1, 0.15) is 5.52 Å². The third-order valence-corrected chi connectivity index (χ3v) is 6.03. The van der Waals surface area contributed by atoms with Gasteiger partial charge in [-0.3, -0.25) is 10.1 Å². The van der Waals surface area contributed by atoms with Gasteiger partial charge in [0, 0.05) is 17.5 Å². The first-order valence-electron chi connectivity index (χ1n) is 10.8. The lowest BCUT2D eigenvalue weighted by Gasteiger charge is -2.15. The predicted molar refractivity (Wildman–Crippen MR) is 128 cm³/mol. The maximum absolute atomic E-state index is 12.6. The van der Waals surface area contributed by atoms with Gasteiger partial charge in [-0.05, 0) is 24.3 Å². The number of carbonyl (C=O) groups is 1. The van der Waals surface area contributed by atoms with Gasteiger partial charge in [0.25, 0.3) is 10.2 Å². The topological polar surface area (TPSA) is 127 Å². The molecule has 0 saturated carbocycles. The first kappa shape index (κ1) is 23.1. The molecule has 0 spiro atoms. The third kappa shape index (κ3) is 6.02. The van der Waals surface area contributed by atoms with E-state index in [2.05, 4.69) is 10.0 Å². The van der Waals surface area contributed by atoms with Gasteiger partial charge in [0.15, 0.2) is 11.4 Å². The van der Waals surface area contributed by atoms with Gasteiger partial charge in [0.05, 0.1) is 12.6 Å². The molecule has 0 amide bonds. The van der Waals surface area contributed by atoms with Crippen LogP contribution < -0.4 is 15.2 Å². The van der Waals surface area contributed by atoms with Gasteiger partial charge in [-0.1, -0.05) is 67.1 Å². The van der Waals surface area contributed by atoms with Crippen molar-refractivity contribution in [2.45, 2.75) is 25.3 Å². The Kier molecular flexibility index (Phi) is 7.14. The second-order valence-corrected chi connectivity index (χ2v) is 9.22. The zero-order chi connectivity index (χ0) is 23.3. The number of Topliss-reactive ketones (excluding diaryl/α,β-unsaturated/α-hetero) is 1. The van der Waals surface area contributed by atoms with E-state index in [9.17, 15) is 13.2 Å². The van der Waals surface area contributed by atoms with Crippen LogP contribution in [0.1, 0.15) is 41.6 Å². The molecule has 33 heavy (non-hydrogen) atoms. The molecule has 4 rings (SSSR count). The molecule has 4 N–H and O–H groups in total. The quantitative estimate of drug-likeness (QED) is 0.229. The summed E-state index contributed by atoms with van der Waals surface area (Å²) in [5.41, 5.74) is 2.09. The monoisotopic (exact) mass is 466 g/mol. The summed E-state index contributed by atoms with van der Waals surface area (Å²) >= 11 is 0. The van der Waals surface area contributed by atoms with Crippen LogP contribution in [0.4, 0.5) is 0 Å². The highest BCUT2D eigenvalue weighted by atomic mass is 32.2. The number of nitrogens with one attached hydrogen (secondary N) is 2. The van der Waals surface area contributed by atoms with Crippen molar-refractivity contribution in [3.63, 3.8) is 0 Å². The summed E-state index contributed by atoms with van der Waals surface area (Å²) in [6.45, 7) is 0.371. The van der Waals surface area contributed by atoms with E-state index in [1.807, 2.05) is 54.6 Å². The summed E-state index contributed by atoms with van der Waals surface area (Å²) in [6, 6.07) is 20.6. The number of unbranched alkanes of at least 4 members (excludes halogenated alkanes) is 1. The van der Waals surface area contributed by atoms with Crippen molar-refractivity contribution in [3.8, 4) is 0 Å². The zero-order valence-electron chi connectivity index (χ0n) is 18.0. The lowest BCUT2D eigenvalue weighted by molar-refractivity contribution is 0.0985. The normalized spacial score (nSPS) is 12.9. The van der Waals surface area contributed by atoms with Crippen molar-refractivity contribution in [1.82, 2.24) is 15.0 Å². The van der Waals surface area contributed by atoms with Crippen molar-refractivity contribution < 1.29 is 17.6 Å². The molecule has 0 fully saturated rings. The fraction of sp³-hybridized carbons (Fsp3) is 0.250. The molecule has 0 aliphatic heterocycles. The van der Waals surface area contributed by atoms with Gasteiger partial charge in [-0.15, -0.1) is 0 Å². The van der Waals surface area contributed by atoms with Crippen molar-refractivity contribution in [1.29, 1.82) is 0 Å². The molecule has 3 aromatic carbocycles. The third-order valence-electron chi connectivity index (χ3n) is 5.43. The smallest absolute Gasteiger partial charge is 0.274 e. The van der Waals surface area contributed by atoms with Crippen LogP contribution in [0.5, 0.6) is 0 Å². The Morgan fingerprint density at radius 3 is 2.55 bits per heavy atom. The standard InChI is InChI=1S/C24H26N4O4S/c25-33(30,31)27-15-7-6-12-20(26-16-21(29)18-9-2-1-3-10-18)24-28-23-19-11-5-4-8-17(19)13-14-22(23)32-24/h1-5,8-11,13-14,20,26-27H,6-7,12,15-16H2,(H2,25,30,31)/t20-/m0/s1. The largest absolute Gasteiger partial charge is 0.439 e. The molecule has 172 valence electrons. The van der Waals surface area contributed by atoms with E-state index in [0.717, 1.165) is 16.3 Å².